The molecule has 0 aliphatic carbocycles. The van der Waals surface area contributed by atoms with Crippen LogP contribution in [0.25, 0.3) is 23.0 Å². The quantitative estimate of drug-likeness (QED) is 0.203. The lowest BCUT2D eigenvalue weighted by Gasteiger charge is -2.18. The van der Waals surface area contributed by atoms with E-state index in [1.165, 1.54) is 11.8 Å². The lowest BCUT2D eigenvalue weighted by Crippen LogP contribution is -2.34. The van der Waals surface area contributed by atoms with Gasteiger partial charge in [0, 0.05) is 23.4 Å². The molecule has 5 nitrogen and oxygen atoms in total. The molecule has 1 aliphatic rings. The molecule has 1 aliphatic heterocycles. The Hall–Kier alpha value is -3.68. The number of amides is 1. The zero-order chi connectivity index (χ0) is 25.1. The Labute approximate surface area is 220 Å². The first-order chi connectivity index (χ1) is 17.5. The smallest absolute Gasteiger partial charge is 0.266 e. The summed E-state index contributed by atoms with van der Waals surface area (Å²) in [5.74, 6) is 0.682. The van der Waals surface area contributed by atoms with Crippen molar-refractivity contribution in [1.82, 2.24) is 14.7 Å². The van der Waals surface area contributed by atoms with E-state index in [-0.39, 0.29) is 11.9 Å². The number of carbonyl (C=O) groups excluding carboxylic acids is 1. The number of para-hydroxylation sites is 1. The maximum absolute atomic E-state index is 13.1. The van der Waals surface area contributed by atoms with Crippen LogP contribution in [-0.4, -0.2) is 30.9 Å². The molecule has 5 rings (SSSR count). The molecule has 36 heavy (non-hydrogen) atoms. The predicted octanol–water partition coefficient (Wildman–Crippen LogP) is 6.73. The molecule has 2 heterocycles. The average molecular weight is 512 g/mol. The van der Waals surface area contributed by atoms with Crippen LogP contribution < -0.4 is 4.74 Å². The first-order valence-electron chi connectivity index (χ1n) is 11.7. The van der Waals surface area contributed by atoms with Gasteiger partial charge in [-0.25, -0.2) is 4.68 Å². The molecule has 0 atom stereocenters. The van der Waals surface area contributed by atoms with Crippen molar-refractivity contribution in [2.75, 3.05) is 0 Å². The number of thiocarbonyl (C=S) groups is 1. The second kappa shape index (κ2) is 10.5. The second-order valence-corrected chi connectivity index (χ2v) is 10.3. The van der Waals surface area contributed by atoms with Gasteiger partial charge in [-0.05, 0) is 49.8 Å². The minimum atomic E-state index is -0.0710. The minimum absolute atomic E-state index is 0.00774. The number of thioether (sulfide) groups is 1. The highest BCUT2D eigenvalue weighted by molar-refractivity contribution is 8.26. The van der Waals surface area contributed by atoms with Gasteiger partial charge in [0.25, 0.3) is 5.91 Å². The molecule has 0 spiro atoms. The third-order valence-corrected chi connectivity index (χ3v) is 7.08. The highest BCUT2D eigenvalue weighted by Crippen LogP contribution is 2.36. The number of aromatic nitrogens is 2. The van der Waals surface area contributed by atoms with Crippen molar-refractivity contribution in [3.8, 4) is 22.7 Å². The molecule has 180 valence electrons. The van der Waals surface area contributed by atoms with Crippen molar-refractivity contribution in [2.24, 2.45) is 0 Å². The Morgan fingerprint density at radius 2 is 1.72 bits per heavy atom. The van der Waals surface area contributed by atoms with Gasteiger partial charge in [0.05, 0.1) is 10.6 Å². The predicted molar refractivity (Wildman–Crippen MR) is 150 cm³/mol. The number of hydrogen-bond donors (Lipinski definition) is 0. The Kier molecular flexibility index (Phi) is 7.02. The van der Waals surface area contributed by atoms with Crippen molar-refractivity contribution in [3.05, 3.63) is 107 Å². The molecule has 1 fully saturated rings. The molecule has 1 amide bonds. The molecule has 1 saturated heterocycles. The zero-order valence-electron chi connectivity index (χ0n) is 20.0. The zero-order valence-corrected chi connectivity index (χ0v) is 21.6. The summed E-state index contributed by atoms with van der Waals surface area (Å²) in [6.07, 6.45) is 3.84. The van der Waals surface area contributed by atoms with E-state index < -0.39 is 0 Å². The fourth-order valence-electron chi connectivity index (χ4n) is 3.97. The number of hydrogen-bond acceptors (Lipinski definition) is 5. The van der Waals surface area contributed by atoms with Crippen molar-refractivity contribution >= 4 is 40.3 Å². The van der Waals surface area contributed by atoms with Crippen LogP contribution >= 0.6 is 24.0 Å². The molecule has 7 heteroatoms. The van der Waals surface area contributed by atoms with Crippen molar-refractivity contribution in [1.29, 1.82) is 0 Å². The van der Waals surface area contributed by atoms with Gasteiger partial charge >= 0.3 is 0 Å². The van der Waals surface area contributed by atoms with Crippen molar-refractivity contribution < 1.29 is 9.53 Å². The van der Waals surface area contributed by atoms with E-state index in [0.717, 1.165) is 33.8 Å². The van der Waals surface area contributed by atoms with Crippen LogP contribution in [0.4, 0.5) is 0 Å². The van der Waals surface area contributed by atoms with Gasteiger partial charge in [0.15, 0.2) is 0 Å². The number of rotatable bonds is 7. The van der Waals surface area contributed by atoms with E-state index >= 15 is 0 Å². The minimum Gasteiger partial charge on any atom is -0.489 e. The van der Waals surface area contributed by atoms with Gasteiger partial charge in [0.2, 0.25) is 0 Å². The third-order valence-electron chi connectivity index (χ3n) is 5.75. The largest absolute Gasteiger partial charge is 0.489 e. The summed E-state index contributed by atoms with van der Waals surface area (Å²) in [7, 11) is 0. The molecule has 1 aromatic heterocycles. The normalized spacial score (nSPS) is 14.8. The van der Waals surface area contributed by atoms with Crippen LogP contribution in [0.1, 0.15) is 25.0 Å². The Morgan fingerprint density at radius 1 is 1.00 bits per heavy atom. The molecule has 0 bridgehead atoms. The summed E-state index contributed by atoms with van der Waals surface area (Å²) >= 11 is 6.80. The highest BCUT2D eigenvalue weighted by Gasteiger charge is 2.34. The van der Waals surface area contributed by atoms with Crippen LogP contribution in [0.3, 0.4) is 0 Å². The lowest BCUT2D eigenvalue weighted by molar-refractivity contribution is -0.123. The summed E-state index contributed by atoms with van der Waals surface area (Å²) in [5, 5.41) is 4.90. The first-order valence-corrected chi connectivity index (χ1v) is 12.9. The van der Waals surface area contributed by atoms with Crippen LogP contribution in [0.5, 0.6) is 5.75 Å². The summed E-state index contributed by atoms with van der Waals surface area (Å²) in [4.78, 5) is 15.3. The lowest BCUT2D eigenvalue weighted by atomic mass is 10.1. The van der Waals surface area contributed by atoms with Crippen molar-refractivity contribution in [2.45, 2.75) is 26.5 Å². The van der Waals surface area contributed by atoms with Gasteiger partial charge in [0.1, 0.15) is 22.4 Å². The number of benzene rings is 3. The molecular weight excluding hydrogens is 486 g/mol. The van der Waals surface area contributed by atoms with Gasteiger partial charge in [-0.3, -0.25) is 9.69 Å². The van der Waals surface area contributed by atoms with Crippen LogP contribution in [0.2, 0.25) is 0 Å². The SMILES string of the molecule is CC(C)N1C(=O)/C(=C/c2cn(-c3ccccc3)nc2-c2cccc(OCc3ccccc3)c2)SC1=S. The molecule has 0 radical (unpaired) electrons. The Bertz CT molecular complexity index is 1430. The second-order valence-electron chi connectivity index (χ2n) is 8.66. The van der Waals surface area contributed by atoms with Gasteiger partial charge in [-0.1, -0.05) is 84.6 Å². The maximum atomic E-state index is 13.1. The number of ether oxygens (including phenoxy) is 1. The van der Waals surface area contributed by atoms with Crippen LogP contribution in [0, 0.1) is 0 Å². The highest BCUT2D eigenvalue weighted by atomic mass is 32.2. The standard InChI is InChI=1S/C29H25N3O2S2/c1-20(2)32-28(33)26(36-29(32)35)17-23-18-31(24-13-7-4-8-14-24)30-27(23)22-12-9-15-25(16-22)34-19-21-10-5-3-6-11-21/h3-18,20H,19H2,1-2H3/b26-17-. The Morgan fingerprint density at radius 3 is 2.42 bits per heavy atom. The number of carbonyl (C=O) groups is 1. The molecule has 3 aromatic carbocycles. The fourth-order valence-corrected chi connectivity index (χ4v) is 5.49. The summed E-state index contributed by atoms with van der Waals surface area (Å²) in [6.45, 7) is 4.41. The third kappa shape index (κ3) is 5.12. The van der Waals surface area contributed by atoms with Crippen molar-refractivity contribution in [3.63, 3.8) is 0 Å². The van der Waals surface area contributed by atoms with Gasteiger partial charge < -0.3 is 4.74 Å². The monoisotopic (exact) mass is 511 g/mol. The summed E-state index contributed by atoms with van der Waals surface area (Å²) in [6, 6.07) is 27.9. The molecule has 0 unspecified atom stereocenters. The first kappa shape index (κ1) is 24.0. The molecule has 0 saturated carbocycles. The maximum Gasteiger partial charge on any atom is 0.266 e. The molecular formula is C29H25N3O2S2. The van der Waals surface area contributed by atoms with Gasteiger partial charge in [-0.2, -0.15) is 5.10 Å². The van der Waals surface area contributed by atoms with Crippen LogP contribution in [-0.2, 0) is 11.4 Å². The fraction of sp³-hybridized carbons (Fsp3) is 0.138. The average Bonchev–Trinajstić information content (AvgIpc) is 3.44. The summed E-state index contributed by atoms with van der Waals surface area (Å²) < 4.78 is 8.47. The summed E-state index contributed by atoms with van der Waals surface area (Å²) in [5.41, 5.74) is 4.54. The topological polar surface area (TPSA) is 47.4 Å². The molecule has 4 aromatic rings. The van der Waals surface area contributed by atoms with E-state index in [1.807, 2.05) is 116 Å². The van der Waals surface area contributed by atoms with E-state index in [9.17, 15) is 4.79 Å². The molecule has 0 N–H and O–H groups in total. The number of nitrogens with zero attached hydrogens (tertiary/aromatic N) is 3. The van der Waals surface area contributed by atoms with E-state index in [2.05, 4.69) is 0 Å². The Balaban J connectivity index is 1.52. The van der Waals surface area contributed by atoms with Crippen LogP contribution in [0.15, 0.2) is 96.0 Å². The van der Waals surface area contributed by atoms with E-state index in [0.29, 0.717) is 15.8 Å². The van der Waals surface area contributed by atoms with E-state index in [1.54, 1.807) is 4.90 Å². The van der Waals surface area contributed by atoms with Gasteiger partial charge in [-0.15, -0.1) is 0 Å². The van der Waals surface area contributed by atoms with E-state index in [4.69, 9.17) is 22.1 Å².